The van der Waals surface area contributed by atoms with E-state index in [9.17, 15) is 14.4 Å². The van der Waals surface area contributed by atoms with Crippen molar-refractivity contribution >= 4 is 23.3 Å². The summed E-state index contributed by atoms with van der Waals surface area (Å²) < 4.78 is 7.97. The highest BCUT2D eigenvalue weighted by molar-refractivity contribution is 5.98. The Balaban J connectivity index is 1.14. The molecule has 2 heterocycles. The van der Waals surface area contributed by atoms with Crippen molar-refractivity contribution in [3.63, 3.8) is 0 Å². The fourth-order valence-corrected chi connectivity index (χ4v) is 6.10. The highest BCUT2D eigenvalue weighted by atomic mass is 16.5. The number of ether oxygens (including phenoxy) is 1. The summed E-state index contributed by atoms with van der Waals surface area (Å²) in [5.74, 6) is -0.608. The molecule has 2 atom stereocenters. The summed E-state index contributed by atoms with van der Waals surface area (Å²) in [7, 11) is 1.34. The zero-order chi connectivity index (χ0) is 32.9. The highest BCUT2D eigenvalue weighted by Gasteiger charge is 2.31. The van der Waals surface area contributed by atoms with Gasteiger partial charge in [-0.2, -0.15) is 5.10 Å². The van der Waals surface area contributed by atoms with Crippen LogP contribution in [0.15, 0.2) is 114 Å². The standard InChI is InChI=1S/C37H38N6O4/c1-26-14-15-30(24-33(26)36(45)47-3)39-35(44)34(29-12-8-5-9-13-29)41-22-20-40(21-23-41)31-16-18-32(19-17-31)42-25-38-43(37(42)46)27(2)28-10-6-4-7-11-28/h4-19,24-25,27,34H,20-23H2,1-3H3,(H,39,44). The number of methoxy groups -OCH3 is 1. The summed E-state index contributed by atoms with van der Waals surface area (Å²) in [6.07, 6.45) is 1.57. The summed E-state index contributed by atoms with van der Waals surface area (Å²) in [5.41, 5.74) is 5.25. The van der Waals surface area contributed by atoms with Gasteiger partial charge in [-0.05, 0) is 66.9 Å². The van der Waals surface area contributed by atoms with Crippen LogP contribution >= 0.6 is 0 Å². The molecule has 4 aromatic carbocycles. The molecule has 10 heteroatoms. The third-order valence-corrected chi connectivity index (χ3v) is 8.79. The Morgan fingerprint density at radius 3 is 2.06 bits per heavy atom. The first-order chi connectivity index (χ1) is 22.8. The average molecular weight is 631 g/mol. The van der Waals surface area contributed by atoms with E-state index in [1.54, 1.807) is 29.1 Å². The molecule has 10 nitrogen and oxygen atoms in total. The second kappa shape index (κ2) is 13.9. The number of nitrogens with zero attached hydrogens (tertiary/aromatic N) is 5. The predicted molar refractivity (Wildman–Crippen MR) is 182 cm³/mol. The average Bonchev–Trinajstić information content (AvgIpc) is 3.50. The summed E-state index contributed by atoms with van der Waals surface area (Å²) in [4.78, 5) is 43.7. The lowest BCUT2D eigenvalue weighted by Crippen LogP contribution is -2.50. The minimum absolute atomic E-state index is 0.166. The largest absolute Gasteiger partial charge is 0.465 e. The van der Waals surface area contributed by atoms with Crippen LogP contribution in [0.4, 0.5) is 11.4 Å². The molecule has 2 unspecified atom stereocenters. The van der Waals surface area contributed by atoms with Crippen LogP contribution in [-0.2, 0) is 9.53 Å². The lowest BCUT2D eigenvalue weighted by molar-refractivity contribution is -0.121. The topological polar surface area (TPSA) is 102 Å². The number of carbonyl (C=O) groups is 2. The maximum Gasteiger partial charge on any atom is 0.350 e. The number of hydrogen-bond acceptors (Lipinski definition) is 7. The maximum atomic E-state index is 13.8. The molecule has 1 aliphatic heterocycles. The van der Waals surface area contributed by atoms with Crippen LogP contribution in [0.3, 0.4) is 0 Å². The number of aryl methyl sites for hydroxylation is 1. The van der Waals surface area contributed by atoms with Crippen molar-refractivity contribution in [2.75, 3.05) is 43.5 Å². The van der Waals surface area contributed by atoms with Crippen LogP contribution < -0.4 is 15.9 Å². The monoisotopic (exact) mass is 630 g/mol. The molecule has 0 aliphatic carbocycles. The molecule has 1 aromatic heterocycles. The molecule has 1 fully saturated rings. The summed E-state index contributed by atoms with van der Waals surface area (Å²) in [5, 5.41) is 7.42. The molecule has 0 bridgehead atoms. The Kier molecular flexibility index (Phi) is 9.30. The molecule has 0 spiro atoms. The zero-order valence-electron chi connectivity index (χ0n) is 26.7. The minimum atomic E-state index is -0.509. The van der Waals surface area contributed by atoms with Crippen molar-refractivity contribution in [2.24, 2.45) is 0 Å². The minimum Gasteiger partial charge on any atom is -0.465 e. The van der Waals surface area contributed by atoms with Gasteiger partial charge in [0.1, 0.15) is 12.4 Å². The van der Waals surface area contributed by atoms with Crippen molar-refractivity contribution in [1.82, 2.24) is 19.2 Å². The Bertz CT molecular complexity index is 1900. The molecule has 6 rings (SSSR count). The second-order valence-electron chi connectivity index (χ2n) is 11.7. The molecule has 1 amide bonds. The van der Waals surface area contributed by atoms with Gasteiger partial charge in [0.15, 0.2) is 0 Å². The van der Waals surface area contributed by atoms with Crippen LogP contribution in [0, 0.1) is 6.92 Å². The first-order valence-corrected chi connectivity index (χ1v) is 15.7. The third-order valence-electron chi connectivity index (χ3n) is 8.79. The van der Waals surface area contributed by atoms with Gasteiger partial charge < -0.3 is 15.0 Å². The van der Waals surface area contributed by atoms with Crippen LogP contribution in [-0.4, -0.2) is 64.4 Å². The van der Waals surface area contributed by atoms with E-state index in [1.807, 2.05) is 98.8 Å². The highest BCUT2D eigenvalue weighted by Crippen LogP contribution is 2.27. The van der Waals surface area contributed by atoms with Gasteiger partial charge in [0.25, 0.3) is 0 Å². The van der Waals surface area contributed by atoms with Gasteiger partial charge in [-0.15, -0.1) is 0 Å². The van der Waals surface area contributed by atoms with E-state index in [0.29, 0.717) is 24.3 Å². The number of esters is 1. The molecule has 240 valence electrons. The lowest BCUT2D eigenvalue weighted by Gasteiger charge is -2.39. The molecular weight excluding hydrogens is 592 g/mol. The summed E-state index contributed by atoms with van der Waals surface area (Å²) in [6.45, 7) is 6.57. The van der Waals surface area contributed by atoms with Crippen molar-refractivity contribution in [3.8, 4) is 5.69 Å². The van der Waals surface area contributed by atoms with Crippen molar-refractivity contribution in [2.45, 2.75) is 25.9 Å². The Morgan fingerprint density at radius 1 is 0.809 bits per heavy atom. The molecule has 1 saturated heterocycles. The van der Waals surface area contributed by atoms with E-state index < -0.39 is 12.0 Å². The van der Waals surface area contributed by atoms with E-state index in [0.717, 1.165) is 41.2 Å². The van der Waals surface area contributed by atoms with Crippen molar-refractivity contribution in [1.29, 1.82) is 0 Å². The Morgan fingerprint density at radius 2 is 1.43 bits per heavy atom. The third kappa shape index (κ3) is 6.73. The number of benzene rings is 4. The number of hydrogen-bond donors (Lipinski definition) is 1. The normalized spacial score (nSPS) is 14.7. The van der Waals surface area contributed by atoms with Gasteiger partial charge in [-0.1, -0.05) is 66.7 Å². The van der Waals surface area contributed by atoms with Gasteiger partial charge in [0.05, 0.1) is 24.4 Å². The molecule has 5 aromatic rings. The van der Waals surface area contributed by atoms with Gasteiger partial charge >= 0.3 is 11.7 Å². The summed E-state index contributed by atoms with van der Waals surface area (Å²) in [6, 6.07) is 32.1. The van der Waals surface area contributed by atoms with Gasteiger partial charge in [0.2, 0.25) is 5.91 Å². The van der Waals surface area contributed by atoms with Crippen LogP contribution in [0.5, 0.6) is 0 Å². The number of piperazine rings is 1. The first kappa shape index (κ1) is 31.5. The lowest BCUT2D eigenvalue weighted by atomic mass is 10.0. The van der Waals surface area contributed by atoms with Crippen molar-refractivity contribution in [3.05, 3.63) is 142 Å². The molecule has 1 aliphatic rings. The number of anilines is 2. The number of amides is 1. The smallest absolute Gasteiger partial charge is 0.350 e. The van der Waals surface area contributed by atoms with E-state index in [1.165, 1.54) is 11.8 Å². The SMILES string of the molecule is COC(=O)c1cc(NC(=O)C(c2ccccc2)N2CCN(c3ccc(-n4cnn(C(C)c5ccccc5)c4=O)cc3)CC2)ccc1C. The number of rotatable bonds is 9. The summed E-state index contributed by atoms with van der Waals surface area (Å²) >= 11 is 0. The maximum absolute atomic E-state index is 13.8. The molecule has 1 N–H and O–H groups in total. The quantitative estimate of drug-likeness (QED) is 0.222. The second-order valence-corrected chi connectivity index (χ2v) is 11.7. The first-order valence-electron chi connectivity index (χ1n) is 15.7. The Labute approximate surface area is 273 Å². The van der Waals surface area contributed by atoms with E-state index in [2.05, 4.69) is 20.2 Å². The fraction of sp³-hybridized carbons (Fsp3) is 0.243. The van der Waals surface area contributed by atoms with Crippen LogP contribution in [0.25, 0.3) is 5.69 Å². The number of aromatic nitrogens is 3. The van der Waals surface area contributed by atoms with Crippen molar-refractivity contribution < 1.29 is 14.3 Å². The Hall–Kier alpha value is -5.48. The van der Waals surface area contributed by atoms with Crippen LogP contribution in [0.2, 0.25) is 0 Å². The van der Waals surface area contributed by atoms with Gasteiger partial charge in [-0.3, -0.25) is 9.69 Å². The molecule has 0 saturated carbocycles. The molecular formula is C37H38N6O4. The molecule has 0 radical (unpaired) electrons. The fourth-order valence-electron chi connectivity index (χ4n) is 6.10. The van der Waals surface area contributed by atoms with E-state index in [-0.39, 0.29) is 17.6 Å². The van der Waals surface area contributed by atoms with E-state index in [4.69, 9.17) is 4.74 Å². The predicted octanol–water partition coefficient (Wildman–Crippen LogP) is 5.24. The number of nitrogens with one attached hydrogen (secondary N) is 1. The van der Waals surface area contributed by atoms with E-state index >= 15 is 0 Å². The molecule has 47 heavy (non-hydrogen) atoms. The van der Waals surface area contributed by atoms with Crippen LogP contribution in [0.1, 0.15) is 46.1 Å². The van der Waals surface area contributed by atoms with Gasteiger partial charge in [0, 0.05) is 37.6 Å². The van der Waals surface area contributed by atoms with Gasteiger partial charge in [-0.25, -0.2) is 18.8 Å². The zero-order valence-corrected chi connectivity index (χ0v) is 26.7. The number of carbonyl (C=O) groups excluding carboxylic acids is 2.